The summed E-state index contributed by atoms with van der Waals surface area (Å²) in [6, 6.07) is 3.30. The molecule has 0 aliphatic heterocycles. The molecule has 0 aliphatic carbocycles. The fourth-order valence-corrected chi connectivity index (χ4v) is 1.63. The number of halogens is 4. The Morgan fingerprint density at radius 1 is 1.24 bits per heavy atom. The quantitative estimate of drug-likeness (QED) is 0.722. The van der Waals surface area contributed by atoms with Gasteiger partial charge < -0.3 is 5.73 Å². The van der Waals surface area contributed by atoms with Gasteiger partial charge in [-0.3, -0.25) is 0 Å². The second-order valence-electron chi connectivity index (χ2n) is 3.66. The van der Waals surface area contributed by atoms with Crippen molar-refractivity contribution in [1.82, 2.24) is 4.98 Å². The van der Waals surface area contributed by atoms with Crippen LogP contribution < -0.4 is 5.73 Å². The van der Waals surface area contributed by atoms with Gasteiger partial charge in [-0.05, 0) is 25.1 Å². The van der Waals surface area contributed by atoms with Gasteiger partial charge in [-0.2, -0.15) is 13.2 Å². The zero-order valence-electron chi connectivity index (χ0n) is 8.77. The van der Waals surface area contributed by atoms with Crippen molar-refractivity contribution in [3.8, 4) is 0 Å². The Labute approximate surface area is 94.1 Å². The molecule has 0 bridgehead atoms. The minimum Gasteiger partial charge on any atom is -0.398 e. The number of hydrogen-bond donors (Lipinski definition) is 1. The molecule has 90 valence electrons. The summed E-state index contributed by atoms with van der Waals surface area (Å²) in [7, 11) is 0. The van der Waals surface area contributed by atoms with Gasteiger partial charge in [-0.25, -0.2) is 9.37 Å². The van der Waals surface area contributed by atoms with Crippen LogP contribution in [0.15, 0.2) is 18.2 Å². The van der Waals surface area contributed by atoms with Crippen LogP contribution in [-0.2, 0) is 6.18 Å². The average Bonchev–Trinajstić information content (AvgIpc) is 2.22. The highest BCUT2D eigenvalue weighted by atomic mass is 19.4. The van der Waals surface area contributed by atoms with Crippen LogP contribution in [0.4, 0.5) is 23.2 Å². The van der Waals surface area contributed by atoms with E-state index < -0.39 is 17.7 Å². The standard InChI is InChI=1S/C11H8F4N2/c1-5-9(16)7-4-6(12)2-3-8(7)17-10(5)11(13,14)15/h2-4H,1H3,(H2,16,17). The normalized spacial score (nSPS) is 12.1. The molecule has 1 aromatic carbocycles. The Kier molecular flexibility index (Phi) is 2.45. The molecule has 0 amide bonds. The van der Waals surface area contributed by atoms with Gasteiger partial charge in [0, 0.05) is 16.6 Å². The summed E-state index contributed by atoms with van der Waals surface area (Å²) in [5, 5.41) is 0.190. The molecule has 0 aliphatic rings. The van der Waals surface area contributed by atoms with Crippen molar-refractivity contribution in [2.24, 2.45) is 0 Å². The van der Waals surface area contributed by atoms with Gasteiger partial charge in [0.05, 0.1) is 5.52 Å². The summed E-state index contributed by atoms with van der Waals surface area (Å²) in [5.41, 5.74) is 4.29. The second kappa shape index (κ2) is 3.58. The van der Waals surface area contributed by atoms with E-state index in [0.29, 0.717) is 0 Å². The number of alkyl halides is 3. The lowest BCUT2D eigenvalue weighted by atomic mass is 10.1. The van der Waals surface area contributed by atoms with E-state index >= 15 is 0 Å². The van der Waals surface area contributed by atoms with E-state index in [1.807, 2.05) is 0 Å². The van der Waals surface area contributed by atoms with E-state index in [2.05, 4.69) is 4.98 Å². The molecule has 2 N–H and O–H groups in total. The third-order valence-electron chi connectivity index (χ3n) is 2.51. The predicted molar refractivity (Wildman–Crippen MR) is 55.9 cm³/mol. The summed E-state index contributed by atoms with van der Waals surface area (Å²) in [4.78, 5) is 3.48. The van der Waals surface area contributed by atoms with Crippen LogP contribution in [0.5, 0.6) is 0 Å². The van der Waals surface area contributed by atoms with Gasteiger partial charge in [-0.1, -0.05) is 0 Å². The number of hydrogen-bond acceptors (Lipinski definition) is 2. The van der Waals surface area contributed by atoms with Crippen LogP contribution in [0, 0.1) is 12.7 Å². The van der Waals surface area contributed by atoms with Crippen LogP contribution in [0.3, 0.4) is 0 Å². The fourth-order valence-electron chi connectivity index (χ4n) is 1.63. The predicted octanol–water partition coefficient (Wildman–Crippen LogP) is 3.28. The lowest BCUT2D eigenvalue weighted by Gasteiger charge is -2.13. The molecule has 0 saturated carbocycles. The number of aromatic nitrogens is 1. The zero-order chi connectivity index (χ0) is 12.8. The number of nitrogens with zero attached hydrogens (tertiary/aromatic N) is 1. The van der Waals surface area contributed by atoms with Crippen molar-refractivity contribution >= 4 is 16.6 Å². The lowest BCUT2D eigenvalue weighted by Crippen LogP contribution is -2.12. The number of fused-ring (bicyclic) bond motifs is 1. The van der Waals surface area contributed by atoms with Gasteiger partial charge in [0.2, 0.25) is 0 Å². The molecule has 2 nitrogen and oxygen atoms in total. The van der Waals surface area contributed by atoms with Crippen molar-refractivity contribution in [2.75, 3.05) is 5.73 Å². The molecule has 0 unspecified atom stereocenters. The molecule has 0 saturated heterocycles. The summed E-state index contributed by atoms with van der Waals surface area (Å²) in [5.74, 6) is -0.565. The SMILES string of the molecule is Cc1c(C(F)(F)F)nc2ccc(F)cc2c1N. The Hall–Kier alpha value is -1.85. The molecule has 1 heterocycles. The van der Waals surface area contributed by atoms with E-state index in [1.54, 1.807) is 0 Å². The highest BCUT2D eigenvalue weighted by Crippen LogP contribution is 2.35. The van der Waals surface area contributed by atoms with E-state index in [9.17, 15) is 17.6 Å². The molecule has 0 atom stereocenters. The number of nitrogen functional groups attached to an aromatic ring is 1. The van der Waals surface area contributed by atoms with Crippen LogP contribution in [0.25, 0.3) is 10.9 Å². The maximum atomic E-state index is 13.0. The minimum atomic E-state index is -4.57. The molecular weight excluding hydrogens is 236 g/mol. The molecule has 0 spiro atoms. The van der Waals surface area contributed by atoms with Crippen LogP contribution in [0.2, 0.25) is 0 Å². The van der Waals surface area contributed by atoms with E-state index in [-0.39, 0.29) is 22.2 Å². The van der Waals surface area contributed by atoms with Crippen LogP contribution >= 0.6 is 0 Å². The largest absolute Gasteiger partial charge is 0.433 e. The summed E-state index contributed by atoms with van der Waals surface area (Å²) in [6.07, 6.45) is -4.57. The first kappa shape index (κ1) is 11.6. The van der Waals surface area contributed by atoms with E-state index in [0.717, 1.165) is 12.1 Å². The molecule has 0 radical (unpaired) electrons. The first-order valence-corrected chi connectivity index (χ1v) is 4.73. The van der Waals surface area contributed by atoms with Crippen molar-refractivity contribution in [2.45, 2.75) is 13.1 Å². The lowest BCUT2D eigenvalue weighted by molar-refractivity contribution is -0.141. The third kappa shape index (κ3) is 1.90. The van der Waals surface area contributed by atoms with Gasteiger partial charge in [0.1, 0.15) is 11.5 Å². The molecule has 1 aromatic heterocycles. The summed E-state index contributed by atoms with van der Waals surface area (Å²) >= 11 is 0. The fraction of sp³-hybridized carbons (Fsp3) is 0.182. The van der Waals surface area contributed by atoms with Gasteiger partial charge in [-0.15, -0.1) is 0 Å². The molecule has 0 fully saturated rings. The number of anilines is 1. The van der Waals surface area contributed by atoms with E-state index in [1.165, 1.54) is 13.0 Å². The smallest absolute Gasteiger partial charge is 0.398 e. The zero-order valence-corrected chi connectivity index (χ0v) is 8.77. The monoisotopic (exact) mass is 244 g/mol. The molecule has 6 heteroatoms. The maximum absolute atomic E-state index is 13.0. The average molecular weight is 244 g/mol. The van der Waals surface area contributed by atoms with Gasteiger partial charge in [0.15, 0.2) is 0 Å². The highest BCUT2D eigenvalue weighted by Gasteiger charge is 2.35. The summed E-state index contributed by atoms with van der Waals surface area (Å²) in [6.45, 7) is 1.22. The van der Waals surface area contributed by atoms with Crippen molar-refractivity contribution < 1.29 is 17.6 Å². The molecule has 17 heavy (non-hydrogen) atoms. The summed E-state index contributed by atoms with van der Waals surface area (Å²) < 4.78 is 50.9. The minimum absolute atomic E-state index is 0.0295. The van der Waals surface area contributed by atoms with Crippen molar-refractivity contribution in [3.05, 3.63) is 35.3 Å². The van der Waals surface area contributed by atoms with Gasteiger partial charge >= 0.3 is 6.18 Å². The Morgan fingerprint density at radius 3 is 2.47 bits per heavy atom. The van der Waals surface area contributed by atoms with Crippen molar-refractivity contribution in [1.29, 1.82) is 0 Å². The number of benzene rings is 1. The Bertz CT molecular complexity index is 590. The molecule has 2 aromatic rings. The third-order valence-corrected chi connectivity index (χ3v) is 2.51. The van der Waals surface area contributed by atoms with E-state index in [4.69, 9.17) is 5.73 Å². The molecular formula is C11H8F4N2. The van der Waals surface area contributed by atoms with Crippen LogP contribution in [-0.4, -0.2) is 4.98 Å². The molecule has 2 rings (SSSR count). The van der Waals surface area contributed by atoms with Crippen LogP contribution in [0.1, 0.15) is 11.3 Å². The van der Waals surface area contributed by atoms with Crippen molar-refractivity contribution in [3.63, 3.8) is 0 Å². The number of rotatable bonds is 0. The first-order valence-electron chi connectivity index (χ1n) is 4.73. The first-order chi connectivity index (χ1) is 7.80. The maximum Gasteiger partial charge on any atom is 0.433 e. The topological polar surface area (TPSA) is 38.9 Å². The Balaban J connectivity index is 2.85. The highest BCUT2D eigenvalue weighted by molar-refractivity contribution is 5.92. The van der Waals surface area contributed by atoms with Gasteiger partial charge in [0.25, 0.3) is 0 Å². The number of nitrogens with two attached hydrogens (primary N) is 1. The number of pyridine rings is 1. The Morgan fingerprint density at radius 2 is 1.88 bits per heavy atom. The second-order valence-corrected chi connectivity index (χ2v) is 3.66.